The van der Waals surface area contributed by atoms with Crippen LogP contribution in [-0.2, 0) is 30.7 Å². The third-order valence-electron chi connectivity index (χ3n) is 7.92. The number of carbonyl (C=O) groups is 2. The first-order chi connectivity index (χ1) is 17.3. The number of carbonyl (C=O) groups excluding carboxylic acids is 2. The number of rotatable bonds is 4. The molecule has 2 atom stereocenters. The smallest absolute Gasteiger partial charge is 0.355 e. The highest BCUT2D eigenvalue weighted by atomic mass is 19.4. The largest absolute Gasteiger partial charge is 0.416 e. The van der Waals surface area contributed by atoms with Crippen LogP contribution in [0.2, 0.25) is 0 Å². The Kier molecular flexibility index (Phi) is 4.94. The molecule has 7 rings (SSSR count). The van der Waals surface area contributed by atoms with Crippen molar-refractivity contribution in [2.45, 2.75) is 23.8 Å². The summed E-state index contributed by atoms with van der Waals surface area (Å²) in [6.07, 6.45) is -5.54. The van der Waals surface area contributed by atoms with Crippen molar-refractivity contribution in [3.8, 4) is 0 Å². The second kappa shape index (κ2) is 7.75. The van der Waals surface area contributed by atoms with Crippen molar-refractivity contribution >= 4 is 17.5 Å². The number of benzene rings is 3. The summed E-state index contributed by atoms with van der Waals surface area (Å²) in [5.74, 6) is -3.24. The Morgan fingerprint density at radius 1 is 0.833 bits per heavy atom. The molecule has 1 heterocycles. The molecular formula is C28H22F3NO4. The maximum Gasteiger partial charge on any atom is 0.416 e. The van der Waals surface area contributed by atoms with Crippen molar-refractivity contribution < 1.29 is 32.2 Å². The monoisotopic (exact) mass is 493 g/mol. The lowest BCUT2D eigenvalue weighted by Gasteiger charge is -2.56. The van der Waals surface area contributed by atoms with E-state index in [2.05, 4.69) is 0 Å². The van der Waals surface area contributed by atoms with Gasteiger partial charge in [0.2, 0.25) is 11.8 Å². The Labute approximate surface area is 205 Å². The summed E-state index contributed by atoms with van der Waals surface area (Å²) in [6.45, 7) is 0. The first-order valence-corrected chi connectivity index (χ1v) is 11.6. The van der Waals surface area contributed by atoms with Crippen LogP contribution in [0.5, 0.6) is 0 Å². The van der Waals surface area contributed by atoms with Crippen LogP contribution in [0.3, 0.4) is 0 Å². The number of ether oxygens (including phenoxy) is 2. The summed E-state index contributed by atoms with van der Waals surface area (Å²) in [5.41, 5.74) is 1.26. The Morgan fingerprint density at radius 2 is 1.42 bits per heavy atom. The summed E-state index contributed by atoms with van der Waals surface area (Å²) in [5, 5.41) is 0. The van der Waals surface area contributed by atoms with E-state index in [1.807, 2.05) is 48.5 Å². The van der Waals surface area contributed by atoms with Gasteiger partial charge in [-0.15, -0.1) is 0 Å². The van der Waals surface area contributed by atoms with Crippen molar-refractivity contribution in [2.24, 2.45) is 11.8 Å². The number of alkyl halides is 3. The predicted octanol–water partition coefficient (Wildman–Crippen LogP) is 4.88. The molecule has 1 aliphatic heterocycles. The summed E-state index contributed by atoms with van der Waals surface area (Å²) >= 11 is 0. The Morgan fingerprint density at radius 3 is 1.97 bits per heavy atom. The molecule has 3 aliphatic carbocycles. The standard InChI is InChI=1S/C28H22F3NO4/c1-35-26(36-2)27-19-12-5-3-10-17(19)21(18-11-4-6-13-20(18)27)22-23(27)25(34)32(24(22)33)16-9-7-8-15(14-16)28(29,30)31/h3-14,21-23,26H,1-2H3/t21?,22-,23+,27?/m0/s1. The summed E-state index contributed by atoms with van der Waals surface area (Å²) < 4.78 is 52.1. The number of nitrogens with zero attached hydrogens (tertiary/aromatic N) is 1. The Bertz CT molecular complexity index is 1350. The van der Waals surface area contributed by atoms with E-state index in [1.54, 1.807) is 0 Å². The highest BCUT2D eigenvalue weighted by molar-refractivity contribution is 6.23. The van der Waals surface area contributed by atoms with Crippen LogP contribution in [0, 0.1) is 11.8 Å². The van der Waals surface area contributed by atoms with Gasteiger partial charge < -0.3 is 9.47 Å². The Hall–Kier alpha value is -3.49. The molecule has 2 bridgehead atoms. The fraction of sp³-hybridized carbons (Fsp3) is 0.286. The van der Waals surface area contributed by atoms with Crippen LogP contribution in [0.15, 0.2) is 72.8 Å². The van der Waals surface area contributed by atoms with Crippen LogP contribution >= 0.6 is 0 Å². The van der Waals surface area contributed by atoms with E-state index < -0.39 is 53.0 Å². The first-order valence-electron chi connectivity index (χ1n) is 11.6. The van der Waals surface area contributed by atoms with Crippen LogP contribution < -0.4 is 4.90 Å². The van der Waals surface area contributed by atoms with E-state index in [-0.39, 0.29) is 5.69 Å². The van der Waals surface area contributed by atoms with E-state index >= 15 is 0 Å². The van der Waals surface area contributed by atoms with Gasteiger partial charge in [-0.3, -0.25) is 9.59 Å². The molecule has 1 saturated heterocycles. The average molecular weight is 493 g/mol. The minimum absolute atomic E-state index is 0.0942. The molecule has 0 radical (unpaired) electrons. The second-order valence-electron chi connectivity index (χ2n) is 9.39. The molecule has 4 aliphatic rings. The normalized spacial score (nSPS) is 26.3. The molecule has 0 aromatic heterocycles. The minimum atomic E-state index is -4.61. The lowest BCUT2D eigenvalue weighted by atomic mass is 9.47. The second-order valence-corrected chi connectivity index (χ2v) is 9.39. The van der Waals surface area contributed by atoms with Crippen molar-refractivity contribution in [3.63, 3.8) is 0 Å². The maximum absolute atomic E-state index is 14.2. The molecule has 5 nitrogen and oxygen atoms in total. The zero-order valence-electron chi connectivity index (χ0n) is 19.5. The van der Waals surface area contributed by atoms with Gasteiger partial charge in [-0.05, 0) is 40.5 Å². The quantitative estimate of drug-likeness (QED) is 0.384. The molecule has 0 spiro atoms. The molecule has 1 fully saturated rings. The molecule has 184 valence electrons. The van der Waals surface area contributed by atoms with Crippen LogP contribution in [0.1, 0.15) is 33.7 Å². The van der Waals surface area contributed by atoms with Crippen molar-refractivity contribution in [3.05, 3.63) is 101 Å². The van der Waals surface area contributed by atoms with Crippen molar-refractivity contribution in [2.75, 3.05) is 19.1 Å². The highest BCUT2D eigenvalue weighted by Gasteiger charge is 2.71. The summed E-state index contributed by atoms with van der Waals surface area (Å²) in [7, 11) is 2.96. The van der Waals surface area contributed by atoms with E-state index in [4.69, 9.17) is 9.47 Å². The van der Waals surface area contributed by atoms with Gasteiger partial charge in [0.25, 0.3) is 0 Å². The van der Waals surface area contributed by atoms with E-state index in [0.29, 0.717) is 0 Å². The third-order valence-corrected chi connectivity index (χ3v) is 7.92. The molecule has 0 saturated carbocycles. The first kappa shape index (κ1) is 22.9. The molecule has 8 heteroatoms. The zero-order valence-corrected chi connectivity index (χ0v) is 19.5. The molecule has 3 aromatic carbocycles. The van der Waals surface area contributed by atoms with E-state index in [1.165, 1.54) is 26.4 Å². The van der Waals surface area contributed by atoms with Gasteiger partial charge in [0.1, 0.15) is 0 Å². The molecule has 2 amide bonds. The topological polar surface area (TPSA) is 55.8 Å². The fourth-order valence-electron chi connectivity index (χ4n) is 6.77. The van der Waals surface area contributed by atoms with Crippen LogP contribution in [0.4, 0.5) is 18.9 Å². The molecule has 36 heavy (non-hydrogen) atoms. The molecular weight excluding hydrogens is 471 g/mol. The van der Waals surface area contributed by atoms with E-state index in [0.717, 1.165) is 39.3 Å². The van der Waals surface area contributed by atoms with Crippen LogP contribution in [0.25, 0.3) is 0 Å². The molecule has 3 aromatic rings. The van der Waals surface area contributed by atoms with E-state index in [9.17, 15) is 22.8 Å². The lowest BCUT2D eigenvalue weighted by Crippen LogP contribution is -2.60. The third kappa shape index (κ3) is 2.74. The Balaban J connectivity index is 1.63. The number of halogens is 3. The molecule has 0 unspecified atom stereocenters. The van der Waals surface area contributed by atoms with Gasteiger partial charge in [0.05, 0.1) is 28.5 Å². The SMILES string of the molecule is COC(OC)C12c3ccccc3C(c3ccccc31)[C@@H]1C(=O)N(c3cccc(C(F)(F)F)c3)C(=O)[C@@H]12. The predicted molar refractivity (Wildman–Crippen MR) is 124 cm³/mol. The number of anilines is 1. The van der Waals surface area contributed by atoms with Crippen molar-refractivity contribution in [1.82, 2.24) is 0 Å². The highest BCUT2D eigenvalue weighted by Crippen LogP contribution is 2.65. The summed E-state index contributed by atoms with van der Waals surface area (Å²) in [4.78, 5) is 29.1. The van der Waals surface area contributed by atoms with Gasteiger partial charge in [0, 0.05) is 20.1 Å². The summed E-state index contributed by atoms with van der Waals surface area (Å²) in [6, 6.07) is 19.6. The lowest BCUT2D eigenvalue weighted by molar-refractivity contribution is -0.168. The molecule has 0 N–H and O–H groups in total. The number of methoxy groups -OCH3 is 2. The number of amides is 2. The number of hydrogen-bond donors (Lipinski definition) is 0. The van der Waals surface area contributed by atoms with Gasteiger partial charge in [-0.2, -0.15) is 13.2 Å². The van der Waals surface area contributed by atoms with Gasteiger partial charge in [-0.1, -0.05) is 54.6 Å². The minimum Gasteiger partial charge on any atom is -0.355 e. The van der Waals surface area contributed by atoms with Crippen molar-refractivity contribution in [1.29, 1.82) is 0 Å². The van der Waals surface area contributed by atoms with Gasteiger partial charge >= 0.3 is 6.18 Å². The average Bonchev–Trinajstić information content (AvgIpc) is 3.15. The zero-order chi connectivity index (χ0) is 25.4. The maximum atomic E-state index is 14.2. The van der Waals surface area contributed by atoms with Crippen LogP contribution in [-0.4, -0.2) is 32.3 Å². The number of imide groups is 1. The van der Waals surface area contributed by atoms with Gasteiger partial charge in [0.15, 0.2) is 6.29 Å². The number of hydrogen-bond acceptors (Lipinski definition) is 4. The fourth-order valence-corrected chi connectivity index (χ4v) is 6.77. The van der Waals surface area contributed by atoms with Gasteiger partial charge in [-0.25, -0.2) is 4.90 Å².